The maximum atomic E-state index is 12.8. The Morgan fingerprint density at radius 1 is 1.35 bits per heavy atom. The van der Waals surface area contributed by atoms with Crippen LogP contribution in [0.15, 0.2) is 12.4 Å². The first-order valence-electron chi connectivity index (χ1n) is 7.30. The molecule has 2 heterocycles. The minimum absolute atomic E-state index is 0.0939. The molecular formula is C14H17F3N6. The number of hydrogen-bond acceptors (Lipinski definition) is 5. The summed E-state index contributed by atoms with van der Waals surface area (Å²) in [7, 11) is 1.39. The number of halogens is 3. The van der Waals surface area contributed by atoms with Gasteiger partial charge in [0, 0.05) is 26.0 Å². The van der Waals surface area contributed by atoms with Crippen molar-refractivity contribution in [1.29, 1.82) is 0 Å². The normalized spacial score (nSPS) is 14.8. The molecule has 0 spiro atoms. The summed E-state index contributed by atoms with van der Waals surface area (Å²) in [6.07, 6.45) is 0.533. The standard InChI is InChI=1S/C14H17F3N6/c1-8-11(7-23(22-8)6-9-3-4-9)20-13-19-5-10(14(15,16)17)12(18-2)21-13/h5,7,9H,3-4,6H2,1-2H3,(H2,18,19,20,21). The molecular weight excluding hydrogens is 309 g/mol. The molecule has 0 aromatic carbocycles. The lowest BCUT2D eigenvalue weighted by molar-refractivity contribution is -0.137. The summed E-state index contributed by atoms with van der Waals surface area (Å²) in [6.45, 7) is 2.69. The Labute approximate surface area is 131 Å². The molecule has 0 amide bonds. The predicted octanol–water partition coefficient (Wildman–Crippen LogP) is 3.20. The lowest BCUT2D eigenvalue weighted by Crippen LogP contribution is -2.12. The van der Waals surface area contributed by atoms with Crippen LogP contribution in [-0.2, 0) is 12.7 Å². The number of nitrogens with zero attached hydrogens (tertiary/aromatic N) is 4. The second-order valence-electron chi connectivity index (χ2n) is 5.62. The quantitative estimate of drug-likeness (QED) is 0.883. The molecule has 0 saturated heterocycles. The summed E-state index contributed by atoms with van der Waals surface area (Å²) in [5, 5.41) is 9.77. The Morgan fingerprint density at radius 2 is 2.09 bits per heavy atom. The zero-order valence-electron chi connectivity index (χ0n) is 12.8. The molecule has 2 aromatic heterocycles. The number of alkyl halides is 3. The molecule has 1 aliphatic carbocycles. The molecule has 0 bridgehead atoms. The van der Waals surface area contributed by atoms with E-state index in [1.54, 1.807) is 0 Å². The van der Waals surface area contributed by atoms with Crippen molar-refractivity contribution in [3.63, 3.8) is 0 Å². The van der Waals surface area contributed by atoms with Crippen molar-refractivity contribution in [3.05, 3.63) is 23.7 Å². The Hall–Kier alpha value is -2.32. The second-order valence-corrected chi connectivity index (χ2v) is 5.62. The third-order valence-corrected chi connectivity index (χ3v) is 3.67. The van der Waals surface area contributed by atoms with Crippen LogP contribution in [0.2, 0.25) is 0 Å². The molecule has 9 heteroatoms. The van der Waals surface area contributed by atoms with Gasteiger partial charge in [-0.2, -0.15) is 23.3 Å². The van der Waals surface area contributed by atoms with Gasteiger partial charge in [0.1, 0.15) is 11.4 Å². The predicted molar refractivity (Wildman–Crippen MR) is 79.6 cm³/mol. The third kappa shape index (κ3) is 3.54. The minimum Gasteiger partial charge on any atom is -0.372 e. The zero-order chi connectivity index (χ0) is 16.6. The van der Waals surface area contributed by atoms with Gasteiger partial charge in [-0.3, -0.25) is 4.68 Å². The lowest BCUT2D eigenvalue weighted by atomic mass is 10.3. The fourth-order valence-electron chi connectivity index (χ4n) is 2.26. The summed E-state index contributed by atoms with van der Waals surface area (Å²) in [6, 6.07) is 0. The highest BCUT2D eigenvalue weighted by Gasteiger charge is 2.35. The molecule has 1 saturated carbocycles. The van der Waals surface area contributed by atoms with E-state index in [9.17, 15) is 13.2 Å². The summed E-state index contributed by atoms with van der Waals surface area (Å²) in [4.78, 5) is 7.64. The van der Waals surface area contributed by atoms with E-state index in [0.29, 0.717) is 11.6 Å². The van der Waals surface area contributed by atoms with E-state index in [2.05, 4.69) is 25.7 Å². The first kappa shape index (κ1) is 15.6. The van der Waals surface area contributed by atoms with Gasteiger partial charge in [0.2, 0.25) is 5.95 Å². The van der Waals surface area contributed by atoms with Crippen LogP contribution >= 0.6 is 0 Å². The largest absolute Gasteiger partial charge is 0.421 e. The van der Waals surface area contributed by atoms with Crippen LogP contribution in [0.1, 0.15) is 24.1 Å². The molecule has 2 aromatic rings. The van der Waals surface area contributed by atoms with Crippen LogP contribution < -0.4 is 10.6 Å². The molecule has 124 valence electrons. The SMILES string of the molecule is CNc1nc(Nc2cn(CC3CC3)nc2C)ncc1C(F)(F)F. The van der Waals surface area contributed by atoms with Crippen molar-refractivity contribution in [1.82, 2.24) is 19.7 Å². The molecule has 0 aliphatic heterocycles. The van der Waals surface area contributed by atoms with Crippen molar-refractivity contribution in [2.24, 2.45) is 5.92 Å². The number of hydrogen-bond donors (Lipinski definition) is 2. The van der Waals surface area contributed by atoms with Crippen LogP contribution in [0.4, 0.5) is 30.6 Å². The Balaban J connectivity index is 1.81. The van der Waals surface area contributed by atoms with E-state index in [1.807, 2.05) is 17.8 Å². The maximum Gasteiger partial charge on any atom is 0.421 e. The van der Waals surface area contributed by atoms with E-state index in [4.69, 9.17) is 0 Å². The first-order valence-corrected chi connectivity index (χ1v) is 7.30. The summed E-state index contributed by atoms with van der Waals surface area (Å²) >= 11 is 0. The van der Waals surface area contributed by atoms with Crippen molar-refractivity contribution in [2.45, 2.75) is 32.5 Å². The molecule has 1 fully saturated rings. The van der Waals surface area contributed by atoms with E-state index in [0.717, 1.165) is 18.4 Å². The first-order chi connectivity index (χ1) is 10.9. The number of aromatic nitrogens is 4. The summed E-state index contributed by atoms with van der Waals surface area (Å²) in [5.74, 6) is 0.509. The minimum atomic E-state index is -4.50. The van der Waals surface area contributed by atoms with Gasteiger partial charge in [-0.25, -0.2) is 4.98 Å². The van der Waals surface area contributed by atoms with Gasteiger partial charge in [0.15, 0.2) is 0 Å². The highest BCUT2D eigenvalue weighted by atomic mass is 19.4. The van der Waals surface area contributed by atoms with Crippen LogP contribution in [0.25, 0.3) is 0 Å². The van der Waals surface area contributed by atoms with E-state index in [-0.39, 0.29) is 11.8 Å². The Morgan fingerprint density at radius 3 is 2.70 bits per heavy atom. The van der Waals surface area contributed by atoms with E-state index < -0.39 is 11.7 Å². The van der Waals surface area contributed by atoms with Crippen LogP contribution in [0.3, 0.4) is 0 Å². The number of anilines is 3. The zero-order valence-corrected chi connectivity index (χ0v) is 12.8. The number of rotatable bonds is 5. The Bertz CT molecular complexity index is 705. The summed E-state index contributed by atoms with van der Waals surface area (Å²) < 4.78 is 40.4. The van der Waals surface area contributed by atoms with E-state index >= 15 is 0 Å². The van der Waals surface area contributed by atoms with Crippen molar-refractivity contribution in [2.75, 3.05) is 17.7 Å². The van der Waals surface area contributed by atoms with Gasteiger partial charge < -0.3 is 10.6 Å². The molecule has 6 nitrogen and oxygen atoms in total. The third-order valence-electron chi connectivity index (χ3n) is 3.67. The van der Waals surface area contributed by atoms with Gasteiger partial charge >= 0.3 is 6.18 Å². The molecule has 1 aliphatic rings. The van der Waals surface area contributed by atoms with Gasteiger partial charge in [-0.15, -0.1) is 0 Å². The van der Waals surface area contributed by atoms with Crippen LogP contribution in [0.5, 0.6) is 0 Å². The molecule has 0 radical (unpaired) electrons. The molecule has 2 N–H and O–H groups in total. The van der Waals surface area contributed by atoms with Crippen LogP contribution in [-0.4, -0.2) is 26.8 Å². The van der Waals surface area contributed by atoms with Gasteiger partial charge in [0.25, 0.3) is 0 Å². The number of nitrogens with one attached hydrogen (secondary N) is 2. The van der Waals surface area contributed by atoms with Crippen molar-refractivity contribution >= 4 is 17.5 Å². The van der Waals surface area contributed by atoms with E-state index in [1.165, 1.54) is 19.9 Å². The van der Waals surface area contributed by atoms with Gasteiger partial charge in [-0.05, 0) is 25.7 Å². The maximum absolute atomic E-state index is 12.8. The van der Waals surface area contributed by atoms with Gasteiger partial charge in [-0.1, -0.05) is 0 Å². The highest BCUT2D eigenvalue weighted by molar-refractivity contribution is 5.57. The lowest BCUT2D eigenvalue weighted by Gasteiger charge is -2.12. The average Bonchev–Trinajstić information content (AvgIpc) is 3.22. The van der Waals surface area contributed by atoms with Gasteiger partial charge in [0.05, 0.1) is 11.4 Å². The monoisotopic (exact) mass is 326 g/mol. The van der Waals surface area contributed by atoms with Crippen molar-refractivity contribution < 1.29 is 13.2 Å². The fraction of sp³-hybridized carbons (Fsp3) is 0.500. The molecule has 0 unspecified atom stereocenters. The van der Waals surface area contributed by atoms with Crippen molar-refractivity contribution in [3.8, 4) is 0 Å². The Kier molecular flexibility index (Phi) is 3.87. The summed E-state index contributed by atoms with van der Waals surface area (Å²) in [5.41, 5.74) is 0.541. The smallest absolute Gasteiger partial charge is 0.372 e. The second kappa shape index (κ2) is 5.71. The average molecular weight is 326 g/mol. The molecule has 3 rings (SSSR count). The highest BCUT2D eigenvalue weighted by Crippen LogP contribution is 2.34. The topological polar surface area (TPSA) is 67.7 Å². The molecule has 23 heavy (non-hydrogen) atoms. The number of aryl methyl sites for hydroxylation is 1. The fourth-order valence-corrected chi connectivity index (χ4v) is 2.26. The molecule has 0 atom stereocenters. The van der Waals surface area contributed by atoms with Crippen LogP contribution in [0, 0.1) is 12.8 Å².